The number of nitrogens with zero attached hydrogens (tertiary/aromatic N) is 4. The molecule has 6 aromatic rings. The van der Waals surface area contributed by atoms with Crippen molar-refractivity contribution in [2.45, 2.75) is 91.5 Å². The predicted octanol–water partition coefficient (Wildman–Crippen LogP) is 11.0. The van der Waals surface area contributed by atoms with E-state index in [0.717, 1.165) is 51.2 Å². The molecular formula is C40H45N5O5S2. The van der Waals surface area contributed by atoms with Crippen LogP contribution < -0.4 is 0 Å². The van der Waals surface area contributed by atoms with Gasteiger partial charge in [-0.2, -0.15) is 0 Å². The Morgan fingerprint density at radius 2 is 1.31 bits per heavy atom. The Labute approximate surface area is 311 Å². The van der Waals surface area contributed by atoms with Crippen LogP contribution in [0.15, 0.2) is 52.9 Å². The standard InChI is InChI=1S/C40H45N5O5S2/c1-21-13-28(44(19-21)37(46)49-39(3,4)5)35-41-25-11-9-23(15-26(25)42-35)31-17-33-34(51-31)18-32(52-33)24-10-12-30-27(16-24)43-36(48-30)29-14-22(2)20-45(29)38(47)50-40(6,7)8/h9-12,15-18,21-22,28-29H,13-14,19-20H2,1-8H3,(H,41,42)/t21-,22-,28-,29-/m0/s1. The Bertz CT molecular complexity index is 2130. The van der Waals surface area contributed by atoms with Gasteiger partial charge in [0.25, 0.3) is 0 Å². The minimum atomic E-state index is -0.571. The Kier molecular flexibility index (Phi) is 8.41. The zero-order chi connectivity index (χ0) is 36.7. The molecule has 4 atom stereocenters. The number of nitrogens with one attached hydrogen (secondary N) is 1. The number of rotatable bonds is 4. The van der Waals surface area contributed by atoms with Gasteiger partial charge in [-0.1, -0.05) is 19.9 Å². The molecular weight excluding hydrogens is 695 g/mol. The van der Waals surface area contributed by atoms with E-state index in [4.69, 9.17) is 23.9 Å². The van der Waals surface area contributed by atoms with Crippen LogP contribution in [0.2, 0.25) is 0 Å². The highest BCUT2D eigenvalue weighted by Crippen LogP contribution is 2.44. The van der Waals surface area contributed by atoms with Gasteiger partial charge in [-0.05, 0) is 120 Å². The minimum absolute atomic E-state index is 0.146. The molecule has 2 aliphatic heterocycles. The molecule has 2 aliphatic rings. The summed E-state index contributed by atoms with van der Waals surface area (Å²) in [6, 6.07) is 16.6. The van der Waals surface area contributed by atoms with Crippen LogP contribution in [0.25, 0.3) is 52.4 Å². The molecule has 4 aromatic heterocycles. The summed E-state index contributed by atoms with van der Waals surface area (Å²) in [7, 11) is 0. The monoisotopic (exact) mass is 739 g/mol. The number of aromatic amines is 1. The Hall–Kier alpha value is -4.42. The van der Waals surface area contributed by atoms with Crippen molar-refractivity contribution in [2.24, 2.45) is 11.8 Å². The summed E-state index contributed by atoms with van der Waals surface area (Å²) >= 11 is 3.53. The van der Waals surface area contributed by atoms with Crippen LogP contribution in [0, 0.1) is 11.8 Å². The number of H-pyrrole nitrogens is 1. The molecule has 1 N–H and O–H groups in total. The lowest BCUT2D eigenvalue weighted by Gasteiger charge is -2.27. The van der Waals surface area contributed by atoms with Gasteiger partial charge in [0.2, 0.25) is 5.89 Å². The summed E-state index contributed by atoms with van der Waals surface area (Å²) in [6.07, 6.45) is 0.996. The Morgan fingerprint density at radius 1 is 0.750 bits per heavy atom. The molecule has 0 spiro atoms. The van der Waals surface area contributed by atoms with Crippen LogP contribution in [0.1, 0.15) is 92.0 Å². The lowest BCUT2D eigenvalue weighted by atomic mass is 10.1. The first-order valence-corrected chi connectivity index (χ1v) is 19.6. The first kappa shape index (κ1) is 34.7. The molecule has 2 aromatic carbocycles. The molecule has 10 nitrogen and oxygen atoms in total. The van der Waals surface area contributed by atoms with E-state index in [2.05, 4.69) is 61.3 Å². The second kappa shape index (κ2) is 12.6. The molecule has 2 amide bonds. The first-order valence-electron chi connectivity index (χ1n) is 18.0. The van der Waals surface area contributed by atoms with Crippen molar-refractivity contribution < 1.29 is 23.5 Å². The number of imidazole rings is 1. The van der Waals surface area contributed by atoms with Gasteiger partial charge in [-0.25, -0.2) is 19.6 Å². The number of ether oxygens (including phenoxy) is 2. The third-order valence-corrected chi connectivity index (χ3v) is 11.9. The van der Waals surface area contributed by atoms with Gasteiger partial charge >= 0.3 is 12.2 Å². The summed E-state index contributed by atoms with van der Waals surface area (Å²) in [5.41, 5.74) is 4.41. The number of aromatic nitrogens is 3. The number of carbonyl (C=O) groups excluding carboxylic acids is 2. The van der Waals surface area contributed by atoms with Crippen LogP contribution in [0.3, 0.4) is 0 Å². The highest BCUT2D eigenvalue weighted by Gasteiger charge is 2.40. The van der Waals surface area contributed by atoms with Crippen LogP contribution in [-0.2, 0) is 9.47 Å². The SMILES string of the molecule is C[C@H]1C[C@@H](c2nc3ccc(-c4cc5sc(-c6ccc7oc([C@@H]8C[C@H](C)CN8C(=O)OC(C)(C)C)nc7c6)cc5s4)cc3[nH]2)N(C(=O)OC(C)(C)C)C1. The van der Waals surface area contributed by atoms with Gasteiger partial charge in [0, 0.05) is 32.2 Å². The van der Waals surface area contributed by atoms with Gasteiger partial charge in [0.15, 0.2) is 5.58 Å². The maximum Gasteiger partial charge on any atom is 0.410 e. The minimum Gasteiger partial charge on any atom is -0.444 e. The Balaban J connectivity index is 1.01. The number of oxazole rings is 1. The van der Waals surface area contributed by atoms with Crippen LogP contribution >= 0.6 is 22.7 Å². The number of amides is 2. The fraction of sp³-hybridized carbons (Fsp3) is 0.450. The van der Waals surface area contributed by atoms with Crippen LogP contribution in [-0.4, -0.2) is 61.2 Å². The van der Waals surface area contributed by atoms with Crippen LogP contribution in [0.4, 0.5) is 9.59 Å². The lowest BCUT2D eigenvalue weighted by Crippen LogP contribution is -2.37. The first-order chi connectivity index (χ1) is 24.6. The molecule has 2 saturated heterocycles. The van der Waals surface area contributed by atoms with E-state index in [1.807, 2.05) is 52.5 Å². The van der Waals surface area contributed by atoms with E-state index in [9.17, 15) is 9.59 Å². The van der Waals surface area contributed by atoms with Gasteiger partial charge in [-0.3, -0.25) is 9.80 Å². The number of hydrogen-bond acceptors (Lipinski definition) is 9. The molecule has 0 bridgehead atoms. The number of benzene rings is 2. The molecule has 0 radical (unpaired) electrons. The van der Waals surface area contributed by atoms with E-state index < -0.39 is 11.2 Å². The normalized spacial score (nSPS) is 21.2. The molecule has 0 aliphatic carbocycles. The number of carbonyl (C=O) groups is 2. The third kappa shape index (κ3) is 6.78. The molecule has 52 heavy (non-hydrogen) atoms. The number of likely N-dealkylation sites (tertiary alicyclic amines) is 2. The van der Waals surface area contributed by atoms with Crippen molar-refractivity contribution in [3.05, 3.63) is 60.2 Å². The molecule has 0 saturated carbocycles. The fourth-order valence-electron chi connectivity index (χ4n) is 7.33. The maximum atomic E-state index is 13.0. The van der Waals surface area contributed by atoms with Crippen molar-refractivity contribution in [2.75, 3.05) is 13.1 Å². The predicted molar refractivity (Wildman–Crippen MR) is 207 cm³/mol. The van der Waals surface area contributed by atoms with Gasteiger partial charge < -0.3 is 18.9 Å². The smallest absolute Gasteiger partial charge is 0.410 e. The highest BCUT2D eigenvalue weighted by molar-refractivity contribution is 7.31. The summed E-state index contributed by atoms with van der Waals surface area (Å²) in [4.78, 5) is 45.3. The summed E-state index contributed by atoms with van der Waals surface area (Å²) in [6.45, 7) is 16.9. The van der Waals surface area contributed by atoms with Gasteiger partial charge in [0.05, 0.1) is 17.1 Å². The number of fused-ring (bicyclic) bond motifs is 3. The zero-order valence-electron chi connectivity index (χ0n) is 30.9. The third-order valence-electron chi connectivity index (χ3n) is 9.56. The van der Waals surface area contributed by atoms with E-state index in [1.165, 1.54) is 14.3 Å². The number of hydrogen-bond donors (Lipinski definition) is 1. The molecule has 12 heteroatoms. The molecule has 272 valence electrons. The van der Waals surface area contributed by atoms with Crippen molar-refractivity contribution in [1.29, 1.82) is 0 Å². The van der Waals surface area contributed by atoms with Gasteiger partial charge in [-0.15, -0.1) is 22.7 Å². The Morgan fingerprint density at radius 3 is 1.92 bits per heavy atom. The number of thiophene rings is 2. The summed E-state index contributed by atoms with van der Waals surface area (Å²) in [5.74, 6) is 2.04. The quantitative estimate of drug-likeness (QED) is 0.191. The second-order valence-corrected chi connectivity index (χ2v) is 18.7. The van der Waals surface area contributed by atoms with Crippen molar-refractivity contribution in [1.82, 2.24) is 24.8 Å². The fourth-order valence-corrected chi connectivity index (χ4v) is 9.72. The average molecular weight is 740 g/mol. The summed E-state index contributed by atoms with van der Waals surface area (Å²) in [5, 5.41) is 0. The van der Waals surface area contributed by atoms with E-state index >= 15 is 0 Å². The largest absolute Gasteiger partial charge is 0.444 e. The van der Waals surface area contributed by atoms with Crippen molar-refractivity contribution in [3.63, 3.8) is 0 Å². The lowest BCUT2D eigenvalue weighted by molar-refractivity contribution is 0.0196. The average Bonchev–Trinajstić information content (AvgIpc) is 3.88. The van der Waals surface area contributed by atoms with Gasteiger partial charge in [0.1, 0.15) is 28.6 Å². The van der Waals surface area contributed by atoms with Crippen molar-refractivity contribution in [3.8, 4) is 20.9 Å². The maximum absolute atomic E-state index is 13.0. The van der Waals surface area contributed by atoms with Crippen molar-refractivity contribution >= 4 is 66.4 Å². The summed E-state index contributed by atoms with van der Waals surface area (Å²) < 4.78 is 20.1. The van der Waals surface area contributed by atoms with E-state index in [0.29, 0.717) is 36.4 Å². The molecule has 0 unspecified atom stereocenters. The molecule has 8 rings (SSSR count). The topological polar surface area (TPSA) is 114 Å². The molecule has 6 heterocycles. The molecule has 2 fully saturated rings. The van der Waals surface area contributed by atoms with E-state index in [1.54, 1.807) is 27.6 Å². The highest BCUT2D eigenvalue weighted by atomic mass is 32.1. The zero-order valence-corrected chi connectivity index (χ0v) is 32.5. The van der Waals surface area contributed by atoms with E-state index in [-0.39, 0.29) is 24.3 Å². The second-order valence-electron chi connectivity index (χ2n) is 16.5. The van der Waals surface area contributed by atoms with Crippen LogP contribution in [0.5, 0.6) is 0 Å².